The van der Waals surface area contributed by atoms with Crippen molar-refractivity contribution in [2.24, 2.45) is 0 Å². The van der Waals surface area contributed by atoms with Gasteiger partial charge >= 0.3 is 5.97 Å². The van der Waals surface area contributed by atoms with Crippen molar-refractivity contribution in [2.45, 2.75) is 501 Å². The largest absolute Gasteiger partial charge is 0.466 e. The highest BCUT2D eigenvalue weighted by molar-refractivity contribution is 5.76. The number of rotatable bonds is 82. The Morgan fingerprint density at radius 1 is 0.298 bits per heavy atom. The van der Waals surface area contributed by atoms with E-state index in [2.05, 4.69) is 43.5 Å². The molecule has 6 heteroatoms. The van der Waals surface area contributed by atoms with Gasteiger partial charge in [0.2, 0.25) is 5.91 Å². The number of hydrogen-bond acceptors (Lipinski definition) is 5. The number of esters is 1. The summed E-state index contributed by atoms with van der Waals surface area (Å²) in [5.41, 5.74) is 0. The summed E-state index contributed by atoms with van der Waals surface area (Å²) in [6, 6.07) is -0.628. The van der Waals surface area contributed by atoms with Crippen LogP contribution in [0.2, 0.25) is 0 Å². The maximum atomic E-state index is 12.6. The molecule has 0 aliphatic carbocycles. The lowest BCUT2D eigenvalue weighted by Gasteiger charge is -2.20. The summed E-state index contributed by atoms with van der Waals surface area (Å²) in [7, 11) is 0. The minimum Gasteiger partial charge on any atom is -0.466 e. The highest BCUT2D eigenvalue weighted by Gasteiger charge is 2.18. The molecule has 2 atom stereocenters. The van der Waals surface area contributed by atoms with Crippen molar-refractivity contribution >= 4 is 11.9 Å². The molecular formula is C88H169NO5. The number of unbranched alkanes of at least 4 members (excludes halogenated alkanes) is 67. The van der Waals surface area contributed by atoms with Crippen molar-refractivity contribution in [2.75, 3.05) is 13.2 Å². The Bertz CT molecular complexity index is 1520. The minimum atomic E-state index is -0.845. The molecule has 0 aliphatic heterocycles. The van der Waals surface area contributed by atoms with Gasteiger partial charge in [-0.2, -0.15) is 0 Å². The van der Waals surface area contributed by atoms with Gasteiger partial charge in [-0.3, -0.25) is 9.59 Å². The lowest BCUT2D eigenvalue weighted by atomic mass is 10.0. The van der Waals surface area contributed by atoms with E-state index in [1.807, 2.05) is 6.08 Å². The molecule has 0 bridgehead atoms. The molecule has 2 unspecified atom stereocenters. The van der Waals surface area contributed by atoms with Crippen LogP contribution < -0.4 is 5.32 Å². The van der Waals surface area contributed by atoms with E-state index in [4.69, 9.17) is 4.74 Å². The maximum absolute atomic E-state index is 12.6. The Labute approximate surface area is 589 Å². The molecule has 0 spiro atoms. The maximum Gasteiger partial charge on any atom is 0.305 e. The second-order valence-electron chi connectivity index (χ2n) is 29.9. The Kier molecular flexibility index (Phi) is 81.8. The van der Waals surface area contributed by atoms with Crippen LogP contribution in [0.5, 0.6) is 0 Å². The molecule has 0 aromatic carbocycles. The molecular weight excluding hydrogens is 1150 g/mol. The molecule has 0 radical (unpaired) electrons. The van der Waals surface area contributed by atoms with Crippen LogP contribution in [0, 0.1) is 0 Å². The third-order valence-corrected chi connectivity index (χ3v) is 20.4. The van der Waals surface area contributed by atoms with Crippen LogP contribution in [0.4, 0.5) is 0 Å². The summed E-state index contributed by atoms with van der Waals surface area (Å²) >= 11 is 0. The van der Waals surface area contributed by atoms with Crippen LogP contribution in [-0.2, 0) is 14.3 Å². The Morgan fingerprint density at radius 3 is 0.809 bits per heavy atom. The predicted molar refractivity (Wildman–Crippen MR) is 416 cm³/mol. The third-order valence-electron chi connectivity index (χ3n) is 20.4. The molecule has 0 aliphatic rings. The van der Waals surface area contributed by atoms with Gasteiger partial charge in [-0.05, 0) is 64.2 Å². The van der Waals surface area contributed by atoms with E-state index in [0.717, 1.165) is 44.9 Å². The number of nitrogens with one attached hydrogen (secondary N) is 1. The first kappa shape index (κ1) is 92.1. The van der Waals surface area contributed by atoms with Crippen LogP contribution in [0.3, 0.4) is 0 Å². The van der Waals surface area contributed by atoms with E-state index in [1.54, 1.807) is 6.08 Å². The number of allylic oxidation sites excluding steroid dienone is 5. The number of carbonyl (C=O) groups excluding carboxylic acids is 2. The average molecular weight is 1320 g/mol. The number of aliphatic hydroxyl groups excluding tert-OH is 2. The Morgan fingerprint density at radius 2 is 0.532 bits per heavy atom. The summed E-state index contributed by atoms with van der Waals surface area (Å²) in [4.78, 5) is 24.7. The normalized spacial score (nSPS) is 12.6. The molecule has 1 amide bonds. The monoisotopic (exact) mass is 1320 g/mol. The van der Waals surface area contributed by atoms with Crippen LogP contribution in [-0.4, -0.2) is 47.4 Å². The zero-order valence-corrected chi connectivity index (χ0v) is 64.0. The van der Waals surface area contributed by atoms with Gasteiger partial charge in [0.15, 0.2) is 0 Å². The summed E-state index contributed by atoms with van der Waals surface area (Å²) in [5.74, 6) is -0.0380. The lowest BCUT2D eigenvalue weighted by molar-refractivity contribution is -0.143. The fourth-order valence-corrected chi connectivity index (χ4v) is 13.8. The highest BCUT2D eigenvalue weighted by atomic mass is 16.5. The average Bonchev–Trinajstić information content (AvgIpc) is 3.74. The first-order valence-electron chi connectivity index (χ1n) is 43.3. The molecule has 0 saturated carbocycles. The van der Waals surface area contributed by atoms with E-state index < -0.39 is 12.1 Å². The van der Waals surface area contributed by atoms with Gasteiger partial charge < -0.3 is 20.3 Å². The van der Waals surface area contributed by atoms with Crippen molar-refractivity contribution in [3.63, 3.8) is 0 Å². The second-order valence-corrected chi connectivity index (χ2v) is 29.9. The summed E-state index contributed by atoms with van der Waals surface area (Å²) in [6.07, 6.45) is 110. The standard InChI is InChI=1S/C88H169NO5/c1-3-5-7-9-11-13-15-17-19-21-23-24-38-41-45-48-52-56-60-64-68-72-76-80-86(91)85(84-90)89-87(92)81-77-73-69-65-61-57-53-49-46-42-39-36-34-32-30-28-26-25-27-29-31-33-35-37-40-43-47-51-55-59-63-67-71-75-79-83-94-88(93)82-78-74-70-66-62-58-54-50-44-22-20-18-16-14-12-10-8-6-4-2/h27,29,33,35,76,80,85-86,90-91H,3-26,28,30-32,34,36-75,77-79,81-84H2,1-2H3,(H,89,92)/b29-27-,35-33-,80-76+. The minimum absolute atomic E-state index is 0.0224. The molecule has 0 rings (SSSR count). The zero-order valence-electron chi connectivity index (χ0n) is 64.0. The van der Waals surface area contributed by atoms with Gasteiger partial charge in [0.1, 0.15) is 0 Å². The van der Waals surface area contributed by atoms with E-state index >= 15 is 0 Å². The molecule has 3 N–H and O–H groups in total. The zero-order chi connectivity index (χ0) is 67.7. The smallest absolute Gasteiger partial charge is 0.305 e. The van der Waals surface area contributed by atoms with E-state index in [0.29, 0.717) is 19.4 Å². The fourth-order valence-electron chi connectivity index (χ4n) is 13.8. The molecule has 94 heavy (non-hydrogen) atoms. The van der Waals surface area contributed by atoms with Crippen molar-refractivity contribution < 1.29 is 24.5 Å². The number of ether oxygens (including phenoxy) is 1. The van der Waals surface area contributed by atoms with Gasteiger partial charge in [0, 0.05) is 12.8 Å². The van der Waals surface area contributed by atoms with E-state index in [-0.39, 0.29) is 18.5 Å². The van der Waals surface area contributed by atoms with E-state index in [1.165, 1.54) is 417 Å². The Balaban J connectivity index is 3.38. The van der Waals surface area contributed by atoms with Gasteiger partial charge in [-0.15, -0.1) is 0 Å². The molecule has 0 saturated heterocycles. The van der Waals surface area contributed by atoms with Gasteiger partial charge in [0.05, 0.1) is 25.4 Å². The van der Waals surface area contributed by atoms with Crippen LogP contribution in [0.1, 0.15) is 489 Å². The van der Waals surface area contributed by atoms with Gasteiger partial charge in [-0.1, -0.05) is 448 Å². The van der Waals surface area contributed by atoms with Gasteiger partial charge in [-0.25, -0.2) is 0 Å². The fraction of sp³-hybridized carbons (Fsp3) is 0.909. The number of amides is 1. The predicted octanol–water partition coefficient (Wildman–Crippen LogP) is 28.9. The van der Waals surface area contributed by atoms with Crippen molar-refractivity contribution in [3.05, 3.63) is 36.5 Å². The molecule has 0 aromatic rings. The molecule has 556 valence electrons. The number of aliphatic hydroxyl groups is 2. The highest BCUT2D eigenvalue weighted by Crippen LogP contribution is 2.21. The van der Waals surface area contributed by atoms with Crippen molar-refractivity contribution in [1.82, 2.24) is 5.32 Å². The van der Waals surface area contributed by atoms with Gasteiger partial charge in [0.25, 0.3) is 0 Å². The summed E-state index contributed by atoms with van der Waals surface area (Å²) in [5, 5.41) is 23.3. The summed E-state index contributed by atoms with van der Waals surface area (Å²) in [6.45, 7) is 4.97. The SMILES string of the molecule is CCCCCCCCCCCCCCCCCCCCCCC/C=C/C(O)C(CO)NC(=O)CCCCCCCCCCCCCCCCCCC/C=C\C/C=C\CCCCCCCCCCCCCOC(=O)CCCCCCCCCCCCCCCCCCCCC. The molecule has 0 fully saturated rings. The quantitative estimate of drug-likeness (QED) is 0.0320. The topological polar surface area (TPSA) is 95.9 Å². The van der Waals surface area contributed by atoms with Crippen molar-refractivity contribution in [1.29, 1.82) is 0 Å². The first-order valence-corrected chi connectivity index (χ1v) is 43.3. The van der Waals surface area contributed by atoms with Crippen LogP contribution in [0.15, 0.2) is 36.5 Å². The first-order chi connectivity index (χ1) is 46.5. The lowest BCUT2D eigenvalue weighted by Crippen LogP contribution is -2.45. The summed E-state index contributed by atoms with van der Waals surface area (Å²) < 4.78 is 5.52. The second kappa shape index (κ2) is 83.5. The van der Waals surface area contributed by atoms with Crippen molar-refractivity contribution in [3.8, 4) is 0 Å². The van der Waals surface area contributed by atoms with E-state index in [9.17, 15) is 19.8 Å². The molecule has 0 aromatic heterocycles. The number of hydrogen-bond donors (Lipinski definition) is 3. The Hall–Kier alpha value is -1.92. The number of carbonyl (C=O) groups is 2. The van der Waals surface area contributed by atoms with Crippen LogP contribution in [0.25, 0.3) is 0 Å². The molecule has 0 heterocycles. The van der Waals surface area contributed by atoms with Crippen LogP contribution >= 0.6 is 0 Å². The third kappa shape index (κ3) is 79.1. The molecule has 6 nitrogen and oxygen atoms in total.